The molecule has 0 bridgehead atoms. The van der Waals surface area contributed by atoms with Gasteiger partial charge in [0.25, 0.3) is 0 Å². The third-order valence-electron chi connectivity index (χ3n) is 5.75. The first-order chi connectivity index (χ1) is 12.2. The van der Waals surface area contributed by atoms with Crippen molar-refractivity contribution in [2.45, 2.75) is 31.7 Å². The summed E-state index contributed by atoms with van der Waals surface area (Å²) in [4.78, 5) is 12.7. The average Bonchev–Trinajstić information content (AvgIpc) is 3.12. The van der Waals surface area contributed by atoms with E-state index >= 15 is 0 Å². The molecular formula is C19H27N5S. The number of hydrogen-bond acceptors (Lipinski definition) is 5. The van der Waals surface area contributed by atoms with Crippen LogP contribution in [0.25, 0.3) is 16.7 Å². The van der Waals surface area contributed by atoms with Gasteiger partial charge in [-0.3, -0.25) is 4.72 Å². The Hall–Kier alpha value is -1.66. The number of aromatic nitrogens is 2. The van der Waals surface area contributed by atoms with Gasteiger partial charge in [-0.2, -0.15) is 0 Å². The average molecular weight is 358 g/mol. The maximum Gasteiger partial charge on any atom is 0.139 e. The van der Waals surface area contributed by atoms with Crippen LogP contribution in [0, 0.1) is 5.92 Å². The molecule has 0 saturated heterocycles. The molecule has 25 heavy (non-hydrogen) atoms. The van der Waals surface area contributed by atoms with Gasteiger partial charge in [-0.25, -0.2) is 4.98 Å². The topological polar surface area (TPSA) is 47.2 Å². The zero-order chi connectivity index (χ0) is 17.4. The van der Waals surface area contributed by atoms with Crippen LogP contribution in [0.5, 0.6) is 0 Å². The zero-order valence-electron chi connectivity index (χ0n) is 15.1. The number of anilines is 1. The predicted octanol–water partition coefficient (Wildman–Crippen LogP) is 3.67. The molecule has 0 unspecified atom stereocenters. The van der Waals surface area contributed by atoms with Crippen molar-refractivity contribution >= 4 is 34.4 Å². The van der Waals surface area contributed by atoms with Crippen LogP contribution in [0.2, 0.25) is 0 Å². The minimum Gasteiger partial charge on any atom is -0.357 e. The van der Waals surface area contributed by atoms with Crippen molar-refractivity contribution in [3.05, 3.63) is 30.6 Å². The van der Waals surface area contributed by atoms with Gasteiger partial charge in [0, 0.05) is 48.7 Å². The van der Waals surface area contributed by atoms with Gasteiger partial charge >= 0.3 is 0 Å². The Morgan fingerprint density at radius 1 is 1.36 bits per heavy atom. The van der Waals surface area contributed by atoms with Gasteiger partial charge in [-0.05, 0) is 43.9 Å². The van der Waals surface area contributed by atoms with Crippen molar-refractivity contribution in [3.63, 3.8) is 0 Å². The van der Waals surface area contributed by atoms with Crippen molar-refractivity contribution in [1.29, 1.82) is 0 Å². The second-order valence-electron chi connectivity index (χ2n) is 7.24. The molecule has 0 radical (unpaired) electrons. The van der Waals surface area contributed by atoms with E-state index < -0.39 is 0 Å². The maximum atomic E-state index is 4.58. The normalized spacial score (nSPS) is 24.0. The van der Waals surface area contributed by atoms with E-state index in [-0.39, 0.29) is 0 Å². The maximum absolute atomic E-state index is 4.58. The summed E-state index contributed by atoms with van der Waals surface area (Å²) in [5.41, 5.74) is 4.53. The van der Waals surface area contributed by atoms with Crippen molar-refractivity contribution in [2.75, 3.05) is 31.4 Å². The number of nitrogens with zero attached hydrogens (tertiary/aromatic N) is 3. The van der Waals surface area contributed by atoms with E-state index in [0.29, 0.717) is 6.04 Å². The summed E-state index contributed by atoms with van der Waals surface area (Å²) in [5, 5.41) is 1.22. The lowest BCUT2D eigenvalue weighted by molar-refractivity contribution is 0.298. The summed E-state index contributed by atoms with van der Waals surface area (Å²) in [7, 11) is 2.13. The van der Waals surface area contributed by atoms with Crippen LogP contribution in [0.1, 0.15) is 31.2 Å². The Morgan fingerprint density at radius 3 is 2.92 bits per heavy atom. The first-order valence-corrected chi connectivity index (χ1v) is 10.3. The third-order valence-corrected chi connectivity index (χ3v) is 6.21. The molecule has 6 heteroatoms. The van der Waals surface area contributed by atoms with Gasteiger partial charge in [-0.15, -0.1) is 0 Å². The second-order valence-corrected chi connectivity index (χ2v) is 7.94. The van der Waals surface area contributed by atoms with Crippen molar-refractivity contribution in [3.8, 4) is 0 Å². The minimum atomic E-state index is 0.598. The summed E-state index contributed by atoms with van der Waals surface area (Å²) in [5.74, 6) is 0.811. The Kier molecular flexibility index (Phi) is 4.65. The van der Waals surface area contributed by atoms with Crippen LogP contribution < -0.4 is 9.62 Å². The highest BCUT2D eigenvalue weighted by molar-refractivity contribution is 7.96. The van der Waals surface area contributed by atoms with E-state index in [1.807, 2.05) is 12.4 Å². The lowest BCUT2D eigenvalue weighted by atomic mass is 9.84. The highest BCUT2D eigenvalue weighted by Gasteiger charge is 2.33. The molecular weight excluding hydrogens is 330 g/mol. The molecule has 2 N–H and O–H groups in total. The van der Waals surface area contributed by atoms with Crippen molar-refractivity contribution in [2.24, 2.45) is 5.92 Å². The molecule has 2 aromatic heterocycles. The van der Waals surface area contributed by atoms with E-state index in [1.54, 1.807) is 11.9 Å². The van der Waals surface area contributed by atoms with Crippen LogP contribution in [0.15, 0.2) is 25.0 Å². The molecule has 0 amide bonds. The number of rotatable bonds is 4. The minimum absolute atomic E-state index is 0.598. The van der Waals surface area contributed by atoms with Gasteiger partial charge in [0.05, 0.1) is 12.4 Å². The molecule has 0 spiro atoms. The number of pyridine rings is 1. The highest BCUT2D eigenvalue weighted by Crippen LogP contribution is 2.41. The largest absolute Gasteiger partial charge is 0.357 e. The summed E-state index contributed by atoms with van der Waals surface area (Å²) in [6.45, 7) is 6.33. The number of fused-ring (bicyclic) bond motifs is 3. The molecule has 1 fully saturated rings. The number of H-pyrrole nitrogens is 1. The molecule has 0 atom stereocenters. The Balaban J connectivity index is 1.62. The van der Waals surface area contributed by atoms with Crippen LogP contribution >= 0.6 is 11.9 Å². The summed E-state index contributed by atoms with van der Waals surface area (Å²) in [6.07, 6.45) is 11.2. The molecule has 134 valence electrons. The second kappa shape index (κ2) is 6.92. The smallest absolute Gasteiger partial charge is 0.139 e. The first-order valence-electron chi connectivity index (χ1n) is 9.08. The fourth-order valence-corrected chi connectivity index (χ4v) is 4.67. The van der Waals surface area contributed by atoms with E-state index in [9.17, 15) is 0 Å². The number of nitrogens with one attached hydrogen (secondary N) is 2. The van der Waals surface area contributed by atoms with Crippen molar-refractivity contribution in [1.82, 2.24) is 19.6 Å². The summed E-state index contributed by atoms with van der Waals surface area (Å²) < 4.78 is 3.43. The van der Waals surface area contributed by atoms with E-state index in [2.05, 4.69) is 50.4 Å². The molecule has 1 aliphatic carbocycles. The van der Waals surface area contributed by atoms with E-state index in [0.717, 1.165) is 30.5 Å². The molecule has 0 aromatic carbocycles. The van der Waals surface area contributed by atoms with E-state index in [1.165, 1.54) is 42.3 Å². The van der Waals surface area contributed by atoms with Crippen LogP contribution in [0.3, 0.4) is 0 Å². The lowest BCUT2D eigenvalue weighted by Crippen LogP contribution is -2.47. The molecule has 2 aliphatic rings. The molecule has 5 nitrogen and oxygen atoms in total. The standard InChI is InChI=1S/C19H27N5S/c1-13-17-11-21-19-16(8-9-20-19)18(17)24(12-23(13)2)15-6-4-14(5-7-15)10-22-25-3/h8-9,11,14-15,22H,1,4-7,10,12H2,2-3H3,(H,20,21)/t14-,15-. The highest BCUT2D eigenvalue weighted by atomic mass is 32.2. The molecule has 4 rings (SSSR count). The fourth-order valence-electron chi connectivity index (χ4n) is 4.26. The van der Waals surface area contributed by atoms with Crippen LogP contribution in [0.4, 0.5) is 5.69 Å². The molecule has 1 saturated carbocycles. The quantitative estimate of drug-likeness (QED) is 0.818. The fraction of sp³-hybridized carbons (Fsp3) is 0.526. The molecule has 3 heterocycles. The van der Waals surface area contributed by atoms with Crippen LogP contribution in [-0.4, -0.2) is 47.4 Å². The third kappa shape index (κ3) is 3.02. The first kappa shape index (κ1) is 16.8. The van der Waals surface area contributed by atoms with Gasteiger partial charge in [-0.1, -0.05) is 18.5 Å². The molecule has 1 aliphatic heterocycles. The SMILES string of the molecule is C=C1c2cnc3[nH]ccc3c2N([C@H]2CC[C@H](CNSC)CC2)CN1C. The Morgan fingerprint density at radius 2 is 2.16 bits per heavy atom. The van der Waals surface area contributed by atoms with Gasteiger partial charge < -0.3 is 14.8 Å². The van der Waals surface area contributed by atoms with E-state index in [4.69, 9.17) is 0 Å². The van der Waals surface area contributed by atoms with Crippen molar-refractivity contribution < 1.29 is 0 Å². The predicted molar refractivity (Wildman–Crippen MR) is 108 cm³/mol. The Bertz CT molecular complexity index is 762. The summed E-state index contributed by atoms with van der Waals surface area (Å²) in [6, 6.07) is 2.75. The Labute approximate surface area is 154 Å². The zero-order valence-corrected chi connectivity index (χ0v) is 15.9. The van der Waals surface area contributed by atoms with Gasteiger partial charge in [0.2, 0.25) is 0 Å². The van der Waals surface area contributed by atoms with Gasteiger partial charge in [0.1, 0.15) is 5.65 Å². The number of aromatic amines is 1. The summed E-state index contributed by atoms with van der Waals surface area (Å²) >= 11 is 1.73. The molecule has 2 aromatic rings. The number of hydrogen-bond donors (Lipinski definition) is 2. The lowest BCUT2D eigenvalue weighted by Gasteiger charge is -2.45. The van der Waals surface area contributed by atoms with Crippen LogP contribution in [-0.2, 0) is 0 Å². The monoisotopic (exact) mass is 357 g/mol. The van der Waals surface area contributed by atoms with Gasteiger partial charge in [0.15, 0.2) is 0 Å².